The standard InChI is InChI=1S/C21H22ClFN6O2/c1-12(2)31-21(30)29-5-3-4-13(11-29)7-24-20-17(23)10-27-19(28-20)16-9-26-18-15(16)6-14(22)8-25-18/h6,8-10,13H,1,3-5,7,11H2,2H3,(H,25,26)(H,24,27,28). The van der Waals surface area contributed by atoms with Crippen molar-refractivity contribution in [3.05, 3.63) is 47.8 Å². The number of aromatic nitrogens is 4. The highest BCUT2D eigenvalue weighted by atomic mass is 35.5. The molecule has 4 heterocycles. The van der Waals surface area contributed by atoms with Gasteiger partial charge in [-0.3, -0.25) is 0 Å². The van der Waals surface area contributed by atoms with Crippen molar-refractivity contribution in [2.45, 2.75) is 19.8 Å². The summed E-state index contributed by atoms with van der Waals surface area (Å²) in [6.07, 6.45) is 5.76. The number of piperidine rings is 1. The van der Waals surface area contributed by atoms with Crippen LogP contribution in [0, 0.1) is 11.7 Å². The fourth-order valence-corrected chi connectivity index (χ4v) is 3.79. The number of H-pyrrole nitrogens is 1. The lowest BCUT2D eigenvalue weighted by Crippen LogP contribution is -2.42. The normalized spacial score (nSPS) is 16.4. The predicted molar refractivity (Wildman–Crippen MR) is 116 cm³/mol. The number of ether oxygens (including phenoxy) is 1. The second-order valence-electron chi connectivity index (χ2n) is 7.55. The monoisotopic (exact) mass is 444 g/mol. The molecule has 0 aromatic carbocycles. The van der Waals surface area contributed by atoms with Gasteiger partial charge >= 0.3 is 6.09 Å². The highest BCUT2D eigenvalue weighted by Gasteiger charge is 2.25. The van der Waals surface area contributed by atoms with Crippen LogP contribution < -0.4 is 5.32 Å². The number of carbonyl (C=O) groups is 1. The van der Waals surface area contributed by atoms with Crippen LogP contribution in [-0.2, 0) is 4.74 Å². The number of aromatic amines is 1. The zero-order chi connectivity index (χ0) is 22.0. The Balaban J connectivity index is 1.47. The second-order valence-corrected chi connectivity index (χ2v) is 7.98. The van der Waals surface area contributed by atoms with Crippen LogP contribution in [0.25, 0.3) is 22.4 Å². The van der Waals surface area contributed by atoms with E-state index in [2.05, 4.69) is 31.8 Å². The van der Waals surface area contributed by atoms with Gasteiger partial charge in [0.15, 0.2) is 17.5 Å². The average Bonchev–Trinajstić information content (AvgIpc) is 3.16. The lowest BCUT2D eigenvalue weighted by Gasteiger charge is -2.32. The van der Waals surface area contributed by atoms with Gasteiger partial charge in [-0.1, -0.05) is 18.2 Å². The molecule has 0 aliphatic carbocycles. The summed E-state index contributed by atoms with van der Waals surface area (Å²) in [6.45, 7) is 6.84. The number of nitrogens with one attached hydrogen (secondary N) is 2. The molecule has 162 valence electrons. The van der Waals surface area contributed by atoms with E-state index in [0.29, 0.717) is 47.5 Å². The largest absolute Gasteiger partial charge is 0.416 e. The van der Waals surface area contributed by atoms with Gasteiger partial charge in [0, 0.05) is 43.0 Å². The Kier molecular flexibility index (Phi) is 6.03. The van der Waals surface area contributed by atoms with E-state index in [4.69, 9.17) is 16.3 Å². The summed E-state index contributed by atoms with van der Waals surface area (Å²) in [5.41, 5.74) is 1.32. The minimum atomic E-state index is -0.547. The Morgan fingerprint density at radius 3 is 3.10 bits per heavy atom. The second kappa shape index (κ2) is 8.89. The minimum absolute atomic E-state index is 0.107. The summed E-state index contributed by atoms with van der Waals surface area (Å²) < 4.78 is 19.5. The summed E-state index contributed by atoms with van der Waals surface area (Å²) in [5, 5.41) is 4.31. The molecule has 4 rings (SSSR count). The van der Waals surface area contributed by atoms with Gasteiger partial charge in [0.2, 0.25) is 0 Å². The van der Waals surface area contributed by atoms with Crippen LogP contribution in [0.1, 0.15) is 19.8 Å². The first kappa shape index (κ1) is 21.0. The van der Waals surface area contributed by atoms with Crippen LogP contribution in [-0.4, -0.2) is 50.6 Å². The zero-order valence-electron chi connectivity index (χ0n) is 17.0. The Labute approximate surface area is 183 Å². The molecule has 8 nitrogen and oxygen atoms in total. The van der Waals surface area contributed by atoms with Gasteiger partial charge in [0.25, 0.3) is 0 Å². The molecule has 2 N–H and O–H groups in total. The van der Waals surface area contributed by atoms with Crippen molar-refractivity contribution in [3.63, 3.8) is 0 Å². The van der Waals surface area contributed by atoms with Crippen molar-refractivity contribution < 1.29 is 13.9 Å². The molecule has 10 heteroatoms. The van der Waals surface area contributed by atoms with Crippen molar-refractivity contribution in [2.24, 2.45) is 5.92 Å². The Hall–Kier alpha value is -3.20. The molecule has 0 radical (unpaired) electrons. The molecule has 0 spiro atoms. The molecule has 0 saturated carbocycles. The van der Waals surface area contributed by atoms with E-state index in [0.717, 1.165) is 24.4 Å². The van der Waals surface area contributed by atoms with Gasteiger partial charge in [0.1, 0.15) is 5.65 Å². The average molecular weight is 445 g/mol. The predicted octanol–water partition coefficient (Wildman–Crippen LogP) is 4.61. The van der Waals surface area contributed by atoms with E-state index in [-0.39, 0.29) is 11.7 Å². The third-order valence-corrected chi connectivity index (χ3v) is 5.29. The van der Waals surface area contributed by atoms with E-state index in [1.165, 1.54) is 0 Å². The van der Waals surface area contributed by atoms with Crippen molar-refractivity contribution in [3.8, 4) is 11.4 Å². The van der Waals surface area contributed by atoms with Crippen LogP contribution in [0.5, 0.6) is 0 Å². The molecule has 0 bridgehead atoms. The first-order valence-electron chi connectivity index (χ1n) is 9.92. The van der Waals surface area contributed by atoms with E-state index < -0.39 is 11.9 Å². The number of fused-ring (bicyclic) bond motifs is 1. The summed E-state index contributed by atoms with van der Waals surface area (Å²) in [7, 11) is 0. The number of halogens is 2. The SMILES string of the molecule is C=C(C)OC(=O)N1CCCC(CNc2nc(-c3c[nH]c4ncc(Cl)cc34)ncc2F)C1. The Bertz CT molecular complexity index is 1130. The molecular formula is C21H22ClFN6O2. The van der Waals surface area contributed by atoms with Gasteiger partial charge in [-0.15, -0.1) is 0 Å². The molecule has 1 fully saturated rings. The van der Waals surface area contributed by atoms with Crippen LogP contribution >= 0.6 is 11.6 Å². The smallest absolute Gasteiger partial charge is 0.414 e. The summed E-state index contributed by atoms with van der Waals surface area (Å²) in [6, 6.07) is 1.76. The molecule has 1 aliphatic heterocycles. The fraction of sp³-hybridized carbons (Fsp3) is 0.333. The molecule has 1 aliphatic rings. The lowest BCUT2D eigenvalue weighted by atomic mass is 9.98. The van der Waals surface area contributed by atoms with Crippen LogP contribution in [0.3, 0.4) is 0 Å². The number of rotatable bonds is 5. The summed E-state index contributed by atoms with van der Waals surface area (Å²) in [4.78, 5) is 29.5. The topological polar surface area (TPSA) is 96.0 Å². The number of hydrogen-bond donors (Lipinski definition) is 2. The number of likely N-dealkylation sites (tertiary alicyclic amines) is 1. The first-order valence-corrected chi connectivity index (χ1v) is 10.3. The van der Waals surface area contributed by atoms with Gasteiger partial charge < -0.3 is 19.9 Å². The highest BCUT2D eigenvalue weighted by Crippen LogP contribution is 2.28. The molecular weight excluding hydrogens is 423 g/mol. The molecule has 31 heavy (non-hydrogen) atoms. The van der Waals surface area contributed by atoms with Crippen LogP contribution in [0.15, 0.2) is 37.0 Å². The van der Waals surface area contributed by atoms with Gasteiger partial charge in [-0.25, -0.2) is 24.1 Å². The third-order valence-electron chi connectivity index (χ3n) is 5.08. The van der Waals surface area contributed by atoms with E-state index in [1.807, 2.05) is 0 Å². The molecule has 1 saturated heterocycles. The van der Waals surface area contributed by atoms with Crippen molar-refractivity contribution in [2.75, 3.05) is 25.0 Å². The fourth-order valence-electron chi connectivity index (χ4n) is 3.64. The van der Waals surface area contributed by atoms with E-state index in [9.17, 15) is 9.18 Å². The van der Waals surface area contributed by atoms with Crippen molar-refractivity contribution >= 4 is 34.5 Å². The lowest BCUT2D eigenvalue weighted by molar-refractivity contribution is 0.108. The van der Waals surface area contributed by atoms with Crippen LogP contribution in [0.4, 0.5) is 15.0 Å². The Morgan fingerprint density at radius 1 is 1.45 bits per heavy atom. The van der Waals surface area contributed by atoms with Gasteiger partial charge in [0.05, 0.1) is 17.0 Å². The number of hydrogen-bond acceptors (Lipinski definition) is 6. The number of amides is 1. The maximum Gasteiger partial charge on any atom is 0.414 e. The van der Waals surface area contributed by atoms with E-state index in [1.54, 1.807) is 30.3 Å². The van der Waals surface area contributed by atoms with Gasteiger partial charge in [-0.2, -0.15) is 0 Å². The Morgan fingerprint density at radius 2 is 2.29 bits per heavy atom. The zero-order valence-corrected chi connectivity index (χ0v) is 17.7. The minimum Gasteiger partial charge on any atom is -0.416 e. The molecule has 3 aromatic rings. The van der Waals surface area contributed by atoms with Gasteiger partial charge in [-0.05, 0) is 31.7 Å². The summed E-state index contributed by atoms with van der Waals surface area (Å²) in [5.74, 6) is 0.412. The molecule has 1 unspecified atom stereocenters. The number of pyridine rings is 1. The summed E-state index contributed by atoms with van der Waals surface area (Å²) >= 11 is 6.06. The number of anilines is 1. The first-order chi connectivity index (χ1) is 14.9. The number of nitrogens with zero attached hydrogens (tertiary/aromatic N) is 4. The third kappa shape index (κ3) is 4.77. The highest BCUT2D eigenvalue weighted by molar-refractivity contribution is 6.31. The number of allylic oxidation sites excluding steroid dienone is 1. The quantitative estimate of drug-likeness (QED) is 0.558. The molecule has 3 aromatic heterocycles. The molecule has 1 amide bonds. The van der Waals surface area contributed by atoms with Crippen LogP contribution in [0.2, 0.25) is 5.02 Å². The maximum atomic E-state index is 14.4. The van der Waals surface area contributed by atoms with Crippen molar-refractivity contribution in [1.82, 2.24) is 24.8 Å². The maximum absolute atomic E-state index is 14.4. The van der Waals surface area contributed by atoms with E-state index >= 15 is 0 Å². The number of carbonyl (C=O) groups excluding carboxylic acids is 1. The molecule has 1 atom stereocenters. The van der Waals surface area contributed by atoms with Crippen molar-refractivity contribution in [1.29, 1.82) is 0 Å².